The van der Waals surface area contributed by atoms with Crippen LogP contribution in [0, 0.1) is 0 Å². The first-order chi connectivity index (χ1) is 33.3. The van der Waals surface area contributed by atoms with Gasteiger partial charge in [0, 0.05) is 60.9 Å². The van der Waals surface area contributed by atoms with Gasteiger partial charge >= 0.3 is 39.3 Å². The second kappa shape index (κ2) is 21.1. The third-order valence-corrected chi connectivity index (χ3v) is 16.0. The summed E-state index contributed by atoms with van der Waals surface area (Å²) in [6.07, 6.45) is -4.24. The summed E-state index contributed by atoms with van der Waals surface area (Å²) < 4.78 is 131. The summed E-state index contributed by atoms with van der Waals surface area (Å²) in [6.45, 7) is -1.41. The van der Waals surface area contributed by atoms with Crippen LogP contribution in [0.1, 0.15) is 35.0 Å². The van der Waals surface area contributed by atoms with Crippen molar-refractivity contribution in [2.45, 2.75) is 47.2 Å². The van der Waals surface area contributed by atoms with Gasteiger partial charge in [0.2, 0.25) is 16.2 Å². The number of carbonyl (C=O) groups is 2. The zero-order chi connectivity index (χ0) is 53.5. The minimum atomic E-state index is -5.89. The number of aliphatic hydroxyl groups is 2. The van der Waals surface area contributed by atoms with E-state index in [-0.39, 0.29) is 59.1 Å². The SMILES string of the molecule is CN(CCCC(=O)NC/C=C/c1cn([C@@H]2O[C@H](COP(=O)(O)OP(=O)(O)OP(=O)(O)O)[C@@H](O)[C@H]2O)c(=O)[nH]c1=O)C(=O)c1ccccc1-c1c2ccc(=[NH2+])c(S(=O)(=O)O)c-2oc2c(S(=O)(=O)[O-])c(N)ccc12. The van der Waals surface area contributed by atoms with Crippen LogP contribution in [0.2, 0.25) is 0 Å². The minimum Gasteiger partial charge on any atom is -0.744 e. The zero-order valence-electron chi connectivity index (χ0n) is 36.5. The first-order valence-corrected chi connectivity index (χ1v) is 27.4. The van der Waals surface area contributed by atoms with Crippen molar-refractivity contribution >= 4 is 78.3 Å². The van der Waals surface area contributed by atoms with Crippen molar-refractivity contribution in [1.29, 1.82) is 0 Å². The Kier molecular flexibility index (Phi) is 16.3. The van der Waals surface area contributed by atoms with Crippen LogP contribution in [0.4, 0.5) is 5.69 Å². The topological polar surface area (TPSA) is 490 Å². The molecule has 390 valence electrons. The number of rotatable bonds is 19. The van der Waals surface area contributed by atoms with E-state index in [9.17, 15) is 78.8 Å². The smallest absolute Gasteiger partial charge is 0.490 e. The van der Waals surface area contributed by atoms with Gasteiger partial charge in [-0.15, -0.1) is 0 Å². The predicted octanol–water partition coefficient (Wildman–Crippen LogP) is -1.91. The van der Waals surface area contributed by atoms with Crippen molar-refractivity contribution in [3.63, 3.8) is 0 Å². The molecule has 2 aromatic carbocycles. The van der Waals surface area contributed by atoms with Crippen molar-refractivity contribution in [3.05, 3.63) is 98.1 Å². The van der Waals surface area contributed by atoms with E-state index in [1.807, 2.05) is 4.98 Å². The highest BCUT2D eigenvalue weighted by molar-refractivity contribution is 7.86. The second-order valence-electron chi connectivity index (χ2n) is 15.4. The number of anilines is 1. The van der Waals surface area contributed by atoms with Gasteiger partial charge in [0.15, 0.2) is 17.6 Å². The number of benzene rings is 3. The van der Waals surface area contributed by atoms with E-state index < -0.39 is 130 Å². The fourth-order valence-corrected chi connectivity index (χ4v) is 11.8. The molecule has 6 atom stereocenters. The number of phosphoric acid groups is 3. The molecule has 0 bridgehead atoms. The van der Waals surface area contributed by atoms with Crippen LogP contribution in [0.15, 0.2) is 84.6 Å². The van der Waals surface area contributed by atoms with Crippen molar-refractivity contribution in [2.75, 3.05) is 32.5 Å². The molecule has 0 spiro atoms. The molecule has 3 heterocycles. The van der Waals surface area contributed by atoms with E-state index in [0.717, 1.165) is 24.4 Å². The predicted molar refractivity (Wildman–Crippen MR) is 241 cm³/mol. The number of carbonyl (C=O) groups excluding carboxylic acids is 2. The number of phosphoric ester groups is 1. The van der Waals surface area contributed by atoms with Gasteiger partial charge in [0.05, 0.1) is 17.9 Å². The standard InChI is InChI=1S/C37H41N6O24P3S2/c1-42(35(48)20-8-3-2-7-19(20)27-21-10-12-23(38)32(71(57,58)59)30(21)65-31-22(27)11-13-24(39)33(31)72(60,61)62)15-5-9-26(44)40-14-4-6-18-16-43(37(49)41-34(18)47)36-29(46)28(45)25(64-36)17-63-69(53,54)67-70(55,56)66-68(50,51)52/h2-4,6-8,10-13,16,25,28-29,36,38,45-46H,5,9,14-15,17,39H2,1H3,(H,40,44)(H,53,54)(H,55,56)(H,41,47,49)(H2,50,51,52)(H,57,58,59)(H,60,61,62)/b6-4+,38-23?/t25-,28-,29-,36-/m1/s1. The summed E-state index contributed by atoms with van der Waals surface area (Å²) >= 11 is 0. The average Bonchev–Trinajstić information content (AvgIpc) is 3.53. The van der Waals surface area contributed by atoms with E-state index in [1.165, 1.54) is 54.4 Å². The van der Waals surface area contributed by atoms with E-state index in [0.29, 0.717) is 4.57 Å². The summed E-state index contributed by atoms with van der Waals surface area (Å²) in [5, 5.41) is 28.9. The van der Waals surface area contributed by atoms with Gasteiger partial charge in [-0.1, -0.05) is 30.4 Å². The summed E-state index contributed by atoms with van der Waals surface area (Å²) in [4.78, 5) is 89.7. The molecule has 35 heteroatoms. The molecule has 3 aromatic rings. The number of nitrogens with one attached hydrogen (secondary N) is 2. The Morgan fingerprint density at radius 3 is 2.31 bits per heavy atom. The van der Waals surface area contributed by atoms with Crippen LogP contribution in [0.3, 0.4) is 0 Å². The van der Waals surface area contributed by atoms with Gasteiger partial charge < -0.3 is 59.4 Å². The number of fused-ring (bicyclic) bond motifs is 2. The number of nitrogens with zero attached hydrogens (tertiary/aromatic N) is 2. The van der Waals surface area contributed by atoms with Gasteiger partial charge in [-0.05, 0) is 36.2 Å². The van der Waals surface area contributed by atoms with Gasteiger partial charge in [-0.25, -0.2) is 26.9 Å². The number of nitrogens with two attached hydrogens (primary N) is 2. The summed E-state index contributed by atoms with van der Waals surface area (Å²) in [7, 11) is -26.4. The third-order valence-electron chi connectivity index (χ3n) is 10.3. The molecule has 2 aliphatic heterocycles. The fourth-order valence-electron chi connectivity index (χ4n) is 7.31. The van der Waals surface area contributed by atoms with Crippen molar-refractivity contribution in [2.24, 2.45) is 0 Å². The van der Waals surface area contributed by atoms with Gasteiger partial charge in [-0.3, -0.25) is 38.4 Å². The highest BCUT2D eigenvalue weighted by Gasteiger charge is 2.47. The van der Waals surface area contributed by atoms with Crippen LogP contribution in [0.5, 0.6) is 0 Å². The molecule has 3 aliphatic rings. The van der Waals surface area contributed by atoms with Crippen LogP contribution in [0.25, 0.3) is 39.5 Å². The monoisotopic (exact) mass is 1110 g/mol. The summed E-state index contributed by atoms with van der Waals surface area (Å²) in [6, 6.07) is 10.7. The van der Waals surface area contributed by atoms with E-state index in [1.54, 1.807) is 0 Å². The normalized spacial score (nSPS) is 19.3. The Hall–Kier alpha value is -5.60. The number of H-pyrrole nitrogens is 1. The minimum absolute atomic E-state index is 0.00264. The molecular formula is C37H41N6O24P3S2. The van der Waals surface area contributed by atoms with Crippen LogP contribution in [-0.4, -0.2) is 127 Å². The number of hydrogen-bond acceptors (Lipinski definition) is 20. The molecule has 30 nitrogen and oxygen atoms in total. The summed E-state index contributed by atoms with van der Waals surface area (Å²) in [5.41, 5.74) is 2.27. The van der Waals surface area contributed by atoms with Crippen molar-refractivity contribution in [3.8, 4) is 22.5 Å². The zero-order valence-corrected chi connectivity index (χ0v) is 40.8. The maximum atomic E-state index is 14.1. The molecule has 1 aromatic heterocycles. The van der Waals surface area contributed by atoms with Crippen molar-refractivity contribution in [1.82, 2.24) is 19.8 Å². The lowest BCUT2D eigenvalue weighted by atomic mass is 9.90. The molecule has 0 radical (unpaired) electrons. The van der Waals surface area contributed by atoms with Crippen LogP contribution >= 0.6 is 23.5 Å². The summed E-state index contributed by atoms with van der Waals surface area (Å²) in [5.74, 6) is -1.82. The number of hydrogen-bond donors (Lipinski definition) is 11. The number of amides is 2. The molecule has 72 heavy (non-hydrogen) atoms. The van der Waals surface area contributed by atoms with Gasteiger partial charge in [-0.2, -0.15) is 17.0 Å². The number of nitrogen functional groups attached to an aromatic ring is 1. The van der Waals surface area contributed by atoms with Crippen LogP contribution < -0.4 is 33.1 Å². The Bertz CT molecular complexity index is 3540. The maximum Gasteiger partial charge on any atom is 0.490 e. The lowest BCUT2D eigenvalue weighted by Gasteiger charge is -2.23. The number of aromatic nitrogens is 2. The van der Waals surface area contributed by atoms with Crippen molar-refractivity contribution < 1.29 is 107 Å². The fraction of sp³-hybridized carbons (Fsp3) is 0.270. The Morgan fingerprint density at radius 1 is 0.972 bits per heavy atom. The lowest BCUT2D eigenvalue weighted by molar-refractivity contribution is -0.176. The van der Waals surface area contributed by atoms with E-state index in [4.69, 9.17) is 30.1 Å². The average molecular weight is 1110 g/mol. The Labute approximate surface area is 403 Å². The highest BCUT2D eigenvalue weighted by atomic mass is 32.2. The first-order valence-electron chi connectivity index (χ1n) is 20.1. The molecule has 2 amide bonds. The largest absolute Gasteiger partial charge is 0.744 e. The Balaban J connectivity index is 1.11. The van der Waals surface area contributed by atoms with Gasteiger partial charge in [0.25, 0.3) is 11.5 Å². The lowest BCUT2D eigenvalue weighted by Crippen LogP contribution is -2.47. The highest BCUT2D eigenvalue weighted by Crippen LogP contribution is 2.66. The molecule has 1 aliphatic carbocycles. The van der Waals surface area contributed by atoms with E-state index in [2.05, 4.69) is 18.5 Å². The third kappa shape index (κ3) is 12.8. The first kappa shape index (κ1) is 55.7. The van der Waals surface area contributed by atoms with Gasteiger partial charge in [0.1, 0.15) is 33.3 Å². The maximum absolute atomic E-state index is 14.1. The van der Waals surface area contributed by atoms with E-state index >= 15 is 0 Å². The number of aliphatic hydroxyl groups excluding tert-OH is 2. The number of aromatic amines is 1. The molecule has 6 rings (SSSR count). The molecular weight excluding hydrogens is 1070 g/mol. The molecule has 13 N–H and O–H groups in total. The molecule has 2 unspecified atom stereocenters. The molecule has 1 saturated heterocycles. The van der Waals surface area contributed by atoms with Crippen LogP contribution in [-0.2, 0) is 56.6 Å². The Morgan fingerprint density at radius 2 is 1.65 bits per heavy atom. The second-order valence-corrected chi connectivity index (χ2v) is 22.5. The quantitative estimate of drug-likeness (QED) is 0.0186. The molecule has 0 saturated carbocycles. The number of ether oxygens (including phenoxy) is 1. The molecule has 1 fully saturated rings.